The summed E-state index contributed by atoms with van der Waals surface area (Å²) in [5.74, 6) is 0.0951. The van der Waals surface area contributed by atoms with Crippen LogP contribution in [-0.4, -0.2) is 42.5 Å². The Hall–Kier alpha value is -3.06. The second-order valence-corrected chi connectivity index (χ2v) is 10.9. The van der Waals surface area contributed by atoms with Crippen LogP contribution in [0.4, 0.5) is 10.5 Å². The van der Waals surface area contributed by atoms with Gasteiger partial charge in [-0.15, -0.1) is 0 Å². The highest BCUT2D eigenvalue weighted by Gasteiger charge is 2.44. The maximum Gasteiger partial charge on any atom is 0.411 e. The van der Waals surface area contributed by atoms with Crippen molar-refractivity contribution in [1.29, 1.82) is 0 Å². The van der Waals surface area contributed by atoms with E-state index in [-0.39, 0.29) is 30.9 Å². The number of benzene rings is 2. The fourth-order valence-corrected chi connectivity index (χ4v) is 5.59. The molecule has 0 aromatic heterocycles. The molecule has 2 fully saturated rings. The van der Waals surface area contributed by atoms with Crippen molar-refractivity contribution in [2.45, 2.75) is 64.8 Å². The molecule has 2 aromatic rings. The first kappa shape index (κ1) is 28.0. The quantitative estimate of drug-likeness (QED) is 0.433. The van der Waals surface area contributed by atoms with Crippen molar-refractivity contribution in [3.8, 4) is 0 Å². The van der Waals surface area contributed by atoms with Crippen LogP contribution in [0.15, 0.2) is 48.5 Å². The van der Waals surface area contributed by atoms with E-state index in [0.29, 0.717) is 36.6 Å². The van der Waals surface area contributed by atoms with Crippen LogP contribution in [0.1, 0.15) is 63.0 Å². The number of halogens is 1. The van der Waals surface area contributed by atoms with Crippen LogP contribution in [0.2, 0.25) is 5.02 Å². The van der Waals surface area contributed by atoms with Crippen molar-refractivity contribution < 1.29 is 19.1 Å². The van der Waals surface area contributed by atoms with Crippen LogP contribution in [0, 0.1) is 11.3 Å². The fourth-order valence-electron chi connectivity index (χ4n) is 5.39. The number of nitrogens with zero attached hydrogens (tertiary/aromatic N) is 1. The lowest BCUT2D eigenvalue weighted by Crippen LogP contribution is -2.53. The first-order valence-electron chi connectivity index (χ1n) is 13.7. The van der Waals surface area contributed by atoms with Gasteiger partial charge in [-0.3, -0.25) is 14.9 Å². The minimum atomic E-state index is -0.923. The SMILES string of the molecule is CCc1ccc(NC(=O)OCC2(C(=O)NCc3ccccc3Cl)CCN(C(=O)C3CCCCC3)CC2)cc1. The van der Waals surface area contributed by atoms with Crippen molar-refractivity contribution in [3.05, 3.63) is 64.7 Å². The zero-order valence-electron chi connectivity index (χ0n) is 22.1. The number of aryl methyl sites for hydroxylation is 1. The molecule has 1 heterocycles. The van der Waals surface area contributed by atoms with Crippen LogP contribution in [0.3, 0.4) is 0 Å². The molecule has 0 spiro atoms. The topological polar surface area (TPSA) is 87.7 Å². The van der Waals surface area contributed by atoms with Gasteiger partial charge in [0.1, 0.15) is 6.61 Å². The lowest BCUT2D eigenvalue weighted by atomic mass is 9.77. The van der Waals surface area contributed by atoms with Crippen molar-refractivity contribution >= 4 is 35.2 Å². The minimum absolute atomic E-state index is 0.0638. The van der Waals surface area contributed by atoms with Crippen molar-refractivity contribution in [1.82, 2.24) is 10.2 Å². The Balaban J connectivity index is 1.40. The van der Waals surface area contributed by atoms with Crippen LogP contribution in [0.5, 0.6) is 0 Å². The lowest BCUT2D eigenvalue weighted by Gasteiger charge is -2.41. The van der Waals surface area contributed by atoms with E-state index < -0.39 is 11.5 Å². The molecule has 38 heavy (non-hydrogen) atoms. The molecule has 1 saturated heterocycles. The Morgan fingerprint density at radius 1 is 1.00 bits per heavy atom. The monoisotopic (exact) mass is 539 g/mol. The number of nitrogens with one attached hydrogen (secondary N) is 2. The number of amides is 3. The molecule has 4 rings (SSSR count). The molecular weight excluding hydrogens is 502 g/mol. The van der Waals surface area contributed by atoms with E-state index >= 15 is 0 Å². The number of anilines is 1. The van der Waals surface area contributed by atoms with Gasteiger partial charge in [-0.2, -0.15) is 0 Å². The zero-order valence-corrected chi connectivity index (χ0v) is 22.9. The number of carbonyl (C=O) groups is 3. The van der Waals surface area contributed by atoms with E-state index in [1.54, 1.807) is 6.07 Å². The predicted molar refractivity (Wildman–Crippen MR) is 149 cm³/mol. The van der Waals surface area contributed by atoms with Crippen molar-refractivity contribution in [3.63, 3.8) is 0 Å². The summed E-state index contributed by atoms with van der Waals surface area (Å²) in [4.78, 5) is 41.2. The minimum Gasteiger partial charge on any atom is -0.448 e. The number of hydrogen-bond acceptors (Lipinski definition) is 4. The Morgan fingerprint density at radius 2 is 1.68 bits per heavy atom. The summed E-state index contributed by atoms with van der Waals surface area (Å²) in [7, 11) is 0. The molecule has 1 saturated carbocycles. The van der Waals surface area contributed by atoms with Gasteiger partial charge in [0.05, 0.1) is 5.41 Å². The Morgan fingerprint density at radius 3 is 2.34 bits per heavy atom. The van der Waals surface area contributed by atoms with E-state index in [4.69, 9.17) is 16.3 Å². The predicted octanol–water partition coefficient (Wildman–Crippen LogP) is 5.96. The molecule has 1 aliphatic carbocycles. The Bertz CT molecular complexity index is 1110. The Kier molecular flexibility index (Phi) is 9.67. The van der Waals surface area contributed by atoms with Crippen LogP contribution in [0.25, 0.3) is 0 Å². The maximum absolute atomic E-state index is 13.6. The molecule has 2 N–H and O–H groups in total. The van der Waals surface area contributed by atoms with Crippen LogP contribution >= 0.6 is 11.6 Å². The van der Waals surface area contributed by atoms with E-state index in [0.717, 1.165) is 37.7 Å². The molecule has 3 amide bonds. The number of hydrogen-bond donors (Lipinski definition) is 2. The normalized spacial score (nSPS) is 17.5. The molecular formula is C30H38ClN3O4. The molecule has 204 valence electrons. The third-order valence-corrected chi connectivity index (χ3v) is 8.32. The van der Waals surface area contributed by atoms with Gasteiger partial charge in [-0.05, 0) is 61.4 Å². The van der Waals surface area contributed by atoms with E-state index in [9.17, 15) is 14.4 Å². The smallest absolute Gasteiger partial charge is 0.411 e. The van der Waals surface area contributed by atoms with Crippen LogP contribution in [-0.2, 0) is 27.3 Å². The van der Waals surface area contributed by atoms with Gasteiger partial charge in [0, 0.05) is 36.3 Å². The lowest BCUT2D eigenvalue weighted by molar-refractivity contribution is -0.145. The van der Waals surface area contributed by atoms with Crippen molar-refractivity contribution in [2.24, 2.45) is 11.3 Å². The Labute approximate surface area is 230 Å². The highest BCUT2D eigenvalue weighted by Crippen LogP contribution is 2.35. The average molecular weight is 540 g/mol. The van der Waals surface area contributed by atoms with Gasteiger partial charge in [0.2, 0.25) is 11.8 Å². The summed E-state index contributed by atoms with van der Waals surface area (Å²) in [5.41, 5.74) is 1.70. The van der Waals surface area contributed by atoms with E-state index in [1.165, 1.54) is 12.0 Å². The first-order valence-corrected chi connectivity index (χ1v) is 14.1. The molecule has 0 unspecified atom stereocenters. The molecule has 2 aliphatic rings. The highest BCUT2D eigenvalue weighted by molar-refractivity contribution is 6.31. The summed E-state index contributed by atoms with van der Waals surface area (Å²) in [5, 5.41) is 6.34. The highest BCUT2D eigenvalue weighted by atomic mass is 35.5. The fraction of sp³-hybridized carbons (Fsp3) is 0.500. The van der Waals surface area contributed by atoms with Gasteiger partial charge >= 0.3 is 6.09 Å². The second-order valence-electron chi connectivity index (χ2n) is 10.5. The molecule has 0 bridgehead atoms. The van der Waals surface area contributed by atoms with E-state index in [2.05, 4.69) is 17.6 Å². The zero-order chi connectivity index (χ0) is 27.0. The van der Waals surface area contributed by atoms with Gasteiger partial charge in [0.15, 0.2) is 0 Å². The van der Waals surface area contributed by atoms with Gasteiger partial charge in [0.25, 0.3) is 0 Å². The summed E-state index contributed by atoms with van der Waals surface area (Å²) in [6.07, 6.45) is 6.45. The van der Waals surface area contributed by atoms with Crippen LogP contribution < -0.4 is 10.6 Å². The molecule has 2 aromatic carbocycles. The molecule has 0 radical (unpaired) electrons. The summed E-state index contributed by atoms with van der Waals surface area (Å²) >= 11 is 6.28. The molecule has 7 nitrogen and oxygen atoms in total. The number of rotatable bonds is 8. The van der Waals surface area contributed by atoms with E-state index in [1.807, 2.05) is 47.4 Å². The molecule has 0 atom stereocenters. The number of carbonyl (C=O) groups excluding carboxylic acids is 3. The molecule has 8 heteroatoms. The third kappa shape index (κ3) is 7.07. The first-order chi connectivity index (χ1) is 18.4. The maximum atomic E-state index is 13.6. The van der Waals surface area contributed by atoms with Crippen molar-refractivity contribution in [2.75, 3.05) is 25.0 Å². The average Bonchev–Trinajstić information content (AvgIpc) is 2.96. The second kappa shape index (κ2) is 13.1. The number of likely N-dealkylation sites (tertiary alicyclic amines) is 1. The van der Waals surface area contributed by atoms with Gasteiger partial charge in [-0.25, -0.2) is 4.79 Å². The third-order valence-electron chi connectivity index (χ3n) is 7.95. The summed E-state index contributed by atoms with van der Waals surface area (Å²) in [6.45, 7) is 3.23. The van der Waals surface area contributed by atoms with Gasteiger partial charge in [-0.1, -0.05) is 68.1 Å². The summed E-state index contributed by atoms with van der Waals surface area (Å²) < 4.78 is 5.61. The van der Waals surface area contributed by atoms with Gasteiger partial charge < -0.3 is 15.0 Å². The number of ether oxygens (including phenoxy) is 1. The molecule has 1 aliphatic heterocycles. The largest absolute Gasteiger partial charge is 0.448 e. The standard InChI is InChI=1S/C30H38ClN3O4/c1-2-22-12-14-25(15-13-22)33-29(37)38-21-30(28(36)32-20-24-10-6-7-11-26(24)31)16-18-34(19-17-30)27(35)23-8-4-3-5-9-23/h6-7,10-15,23H,2-5,8-9,16-21H2,1H3,(H,32,36)(H,33,37). The number of piperidine rings is 1. The summed E-state index contributed by atoms with van der Waals surface area (Å²) in [6, 6.07) is 15.0.